The summed E-state index contributed by atoms with van der Waals surface area (Å²) in [6.07, 6.45) is 3.64. The maximum absolute atomic E-state index is 12.5. The molecule has 3 heterocycles. The molecule has 0 aromatic heterocycles. The molecule has 3 aliphatic rings. The van der Waals surface area contributed by atoms with Gasteiger partial charge in [0.05, 0.1) is 19.3 Å². The van der Waals surface area contributed by atoms with Crippen LogP contribution in [-0.2, 0) is 14.3 Å². The quantitative estimate of drug-likeness (QED) is 0.369. The molecule has 3 rings (SSSR count). The average molecular weight is 340 g/mol. The summed E-state index contributed by atoms with van der Waals surface area (Å²) < 4.78 is 4.83. The second kappa shape index (κ2) is 8.21. The van der Waals surface area contributed by atoms with Gasteiger partial charge in [0, 0.05) is 19.8 Å². The number of nitrogens with zero attached hydrogens (tertiary/aromatic N) is 1. The third-order valence-corrected chi connectivity index (χ3v) is 5.04. The van der Waals surface area contributed by atoms with Gasteiger partial charge < -0.3 is 20.7 Å². The fourth-order valence-corrected chi connectivity index (χ4v) is 3.63. The molecule has 0 aromatic rings. The number of ether oxygens (including phenoxy) is 1. The number of piperidine rings is 1. The molecule has 0 saturated carbocycles. The number of hydrazine groups is 1. The van der Waals surface area contributed by atoms with E-state index in [1.165, 1.54) is 7.11 Å². The maximum atomic E-state index is 12.5. The van der Waals surface area contributed by atoms with Crippen molar-refractivity contribution in [3.63, 3.8) is 0 Å². The topological polar surface area (TPSA) is 107 Å². The number of nitrogens with one attached hydrogen (secondary N) is 5. The van der Waals surface area contributed by atoms with Gasteiger partial charge in [0.1, 0.15) is 12.1 Å². The number of amides is 1. The molecule has 0 spiro atoms. The smallest absolute Gasteiger partial charge is 0.325 e. The Hall–Kier alpha value is -1.26. The van der Waals surface area contributed by atoms with Gasteiger partial charge >= 0.3 is 5.97 Å². The van der Waals surface area contributed by atoms with Crippen LogP contribution in [0.3, 0.4) is 0 Å². The lowest BCUT2D eigenvalue weighted by molar-refractivity contribution is -0.144. The first-order valence-corrected chi connectivity index (χ1v) is 8.76. The van der Waals surface area contributed by atoms with Crippen LogP contribution in [0.1, 0.15) is 25.7 Å². The van der Waals surface area contributed by atoms with Crippen molar-refractivity contribution in [3.05, 3.63) is 0 Å². The van der Waals surface area contributed by atoms with Gasteiger partial charge in [-0.25, -0.2) is 10.9 Å². The average Bonchev–Trinajstić information content (AvgIpc) is 3.16. The van der Waals surface area contributed by atoms with Crippen LogP contribution < -0.4 is 26.8 Å². The predicted octanol–water partition coefficient (Wildman–Crippen LogP) is -2.16. The standard InChI is InChI=1S/C15H28N6O3/c1-24-15(23)13-10(3-2-6-17-13)18-14(22)11-4-5-12(20-19-11)21-8-7-16-9-21/h10-13,16-17,19-20H,2-9H2,1H3,(H,18,22). The van der Waals surface area contributed by atoms with E-state index in [9.17, 15) is 9.59 Å². The molecular weight excluding hydrogens is 312 g/mol. The van der Waals surface area contributed by atoms with Crippen LogP contribution in [0, 0.1) is 0 Å². The Morgan fingerprint density at radius 2 is 2.04 bits per heavy atom. The summed E-state index contributed by atoms with van der Waals surface area (Å²) in [5, 5.41) is 9.45. The molecule has 9 heteroatoms. The Bertz CT molecular complexity index is 448. The van der Waals surface area contributed by atoms with E-state index in [1.54, 1.807) is 0 Å². The number of carbonyl (C=O) groups is 2. The van der Waals surface area contributed by atoms with Crippen molar-refractivity contribution in [1.29, 1.82) is 0 Å². The number of carbonyl (C=O) groups excluding carboxylic acids is 2. The molecule has 9 nitrogen and oxygen atoms in total. The zero-order valence-electron chi connectivity index (χ0n) is 14.1. The van der Waals surface area contributed by atoms with E-state index in [0.29, 0.717) is 0 Å². The molecular formula is C15H28N6O3. The summed E-state index contributed by atoms with van der Waals surface area (Å²) in [5.41, 5.74) is 6.37. The summed E-state index contributed by atoms with van der Waals surface area (Å²) in [4.78, 5) is 26.7. The minimum atomic E-state index is -0.465. The molecule has 24 heavy (non-hydrogen) atoms. The Morgan fingerprint density at radius 3 is 2.71 bits per heavy atom. The SMILES string of the molecule is COC(=O)C1NCCCC1NC(=O)C1CCC(N2CCNC2)NN1. The summed E-state index contributed by atoms with van der Waals surface area (Å²) in [7, 11) is 1.37. The van der Waals surface area contributed by atoms with Crippen molar-refractivity contribution in [2.75, 3.05) is 33.4 Å². The van der Waals surface area contributed by atoms with Gasteiger partial charge in [-0.05, 0) is 32.2 Å². The molecule has 3 aliphatic heterocycles. The summed E-state index contributed by atoms with van der Waals surface area (Å²) in [5.74, 6) is -0.389. The number of rotatable bonds is 4. The first-order chi connectivity index (χ1) is 11.7. The van der Waals surface area contributed by atoms with Crippen LogP contribution in [0.4, 0.5) is 0 Å². The maximum Gasteiger partial charge on any atom is 0.325 e. The van der Waals surface area contributed by atoms with E-state index in [0.717, 1.165) is 52.0 Å². The molecule has 0 aromatic carbocycles. The number of hydrogen-bond acceptors (Lipinski definition) is 8. The third kappa shape index (κ3) is 4.04. The summed E-state index contributed by atoms with van der Waals surface area (Å²) in [6, 6.07) is -0.967. The second-order valence-electron chi connectivity index (χ2n) is 6.62. The van der Waals surface area contributed by atoms with Crippen LogP contribution in [0.15, 0.2) is 0 Å². The lowest BCUT2D eigenvalue weighted by Crippen LogP contribution is -2.64. The second-order valence-corrected chi connectivity index (χ2v) is 6.62. The highest BCUT2D eigenvalue weighted by Crippen LogP contribution is 2.14. The minimum absolute atomic E-state index is 0.0666. The van der Waals surface area contributed by atoms with Crippen LogP contribution in [0.5, 0.6) is 0 Å². The molecule has 136 valence electrons. The molecule has 0 radical (unpaired) electrons. The van der Waals surface area contributed by atoms with Crippen molar-refractivity contribution in [3.8, 4) is 0 Å². The highest BCUT2D eigenvalue weighted by molar-refractivity contribution is 5.84. The largest absolute Gasteiger partial charge is 0.468 e. The van der Waals surface area contributed by atoms with Crippen LogP contribution in [0.2, 0.25) is 0 Å². The molecule has 4 unspecified atom stereocenters. The molecule has 5 N–H and O–H groups in total. The van der Waals surface area contributed by atoms with Crippen LogP contribution >= 0.6 is 0 Å². The van der Waals surface area contributed by atoms with Gasteiger partial charge in [0.15, 0.2) is 0 Å². The normalized spacial score (nSPS) is 34.7. The highest BCUT2D eigenvalue weighted by Gasteiger charge is 2.35. The van der Waals surface area contributed by atoms with Crippen molar-refractivity contribution in [1.82, 2.24) is 31.7 Å². The van der Waals surface area contributed by atoms with Gasteiger partial charge in [0.25, 0.3) is 0 Å². The van der Waals surface area contributed by atoms with Crippen LogP contribution in [-0.4, -0.2) is 74.5 Å². The van der Waals surface area contributed by atoms with E-state index < -0.39 is 6.04 Å². The van der Waals surface area contributed by atoms with E-state index in [2.05, 4.69) is 31.7 Å². The predicted molar refractivity (Wildman–Crippen MR) is 87.6 cm³/mol. The first-order valence-electron chi connectivity index (χ1n) is 8.76. The molecule has 3 fully saturated rings. The van der Waals surface area contributed by atoms with Crippen molar-refractivity contribution >= 4 is 11.9 Å². The first kappa shape index (κ1) is 17.6. The molecule has 4 atom stereocenters. The lowest BCUT2D eigenvalue weighted by Gasteiger charge is -2.37. The van der Waals surface area contributed by atoms with Gasteiger partial charge in [-0.1, -0.05) is 0 Å². The Morgan fingerprint density at radius 1 is 1.17 bits per heavy atom. The fraction of sp³-hybridized carbons (Fsp3) is 0.867. The zero-order valence-corrected chi connectivity index (χ0v) is 14.1. The Balaban J connectivity index is 1.48. The van der Waals surface area contributed by atoms with Crippen LogP contribution in [0.25, 0.3) is 0 Å². The molecule has 1 amide bonds. The fourth-order valence-electron chi connectivity index (χ4n) is 3.63. The van der Waals surface area contributed by atoms with Crippen molar-refractivity contribution < 1.29 is 14.3 Å². The van der Waals surface area contributed by atoms with Gasteiger partial charge in [0.2, 0.25) is 5.91 Å². The molecule has 0 bridgehead atoms. The van der Waals surface area contributed by atoms with E-state index in [-0.39, 0.29) is 30.1 Å². The van der Waals surface area contributed by atoms with E-state index >= 15 is 0 Å². The summed E-state index contributed by atoms with van der Waals surface area (Å²) >= 11 is 0. The van der Waals surface area contributed by atoms with Crippen molar-refractivity contribution in [2.24, 2.45) is 0 Å². The van der Waals surface area contributed by atoms with E-state index in [4.69, 9.17) is 4.74 Å². The number of hydrogen-bond donors (Lipinski definition) is 5. The van der Waals surface area contributed by atoms with Gasteiger partial charge in [-0.15, -0.1) is 0 Å². The molecule has 0 aliphatic carbocycles. The Kier molecular flexibility index (Phi) is 6.01. The van der Waals surface area contributed by atoms with Crippen molar-refractivity contribution in [2.45, 2.75) is 50.0 Å². The number of methoxy groups -OCH3 is 1. The third-order valence-electron chi connectivity index (χ3n) is 5.04. The van der Waals surface area contributed by atoms with Gasteiger partial charge in [-0.2, -0.15) is 0 Å². The minimum Gasteiger partial charge on any atom is -0.468 e. The highest BCUT2D eigenvalue weighted by atomic mass is 16.5. The monoisotopic (exact) mass is 340 g/mol. The lowest BCUT2D eigenvalue weighted by atomic mass is 9.97. The zero-order chi connectivity index (χ0) is 16.9. The van der Waals surface area contributed by atoms with Gasteiger partial charge in [-0.3, -0.25) is 14.5 Å². The molecule has 3 saturated heterocycles. The summed E-state index contributed by atoms with van der Waals surface area (Å²) in [6.45, 7) is 3.67. The van der Waals surface area contributed by atoms with E-state index in [1.807, 2.05) is 0 Å². The Labute approximate surface area is 142 Å². The number of esters is 1.